The smallest absolute Gasteiger partial charge is 0.270 e. The van der Waals surface area contributed by atoms with Crippen LogP contribution in [0.15, 0.2) is 61.2 Å². The third kappa shape index (κ3) is 4.68. The summed E-state index contributed by atoms with van der Waals surface area (Å²) in [7, 11) is 0. The summed E-state index contributed by atoms with van der Waals surface area (Å²) in [6, 6.07) is 14.1. The summed E-state index contributed by atoms with van der Waals surface area (Å²) in [6.45, 7) is 6.08. The molecule has 0 spiro atoms. The molecule has 29 heavy (non-hydrogen) atoms. The average Bonchev–Trinajstić information content (AvgIpc) is 2.78. The highest BCUT2D eigenvalue weighted by Crippen LogP contribution is 2.20. The van der Waals surface area contributed by atoms with Crippen LogP contribution in [-0.2, 0) is 6.54 Å². The molecule has 1 N–H and O–H groups in total. The first kappa shape index (κ1) is 18.9. The molecule has 148 valence electrons. The minimum absolute atomic E-state index is 0.205. The number of benzene rings is 1. The molecule has 7 heteroatoms. The van der Waals surface area contributed by atoms with Gasteiger partial charge in [0, 0.05) is 56.9 Å². The third-order valence-electron chi connectivity index (χ3n) is 5.06. The van der Waals surface area contributed by atoms with Crippen molar-refractivity contribution < 1.29 is 4.79 Å². The van der Waals surface area contributed by atoms with Gasteiger partial charge in [0.25, 0.3) is 5.91 Å². The molecule has 0 saturated carbocycles. The molecule has 1 aliphatic heterocycles. The molecule has 1 fully saturated rings. The zero-order valence-electron chi connectivity index (χ0n) is 16.5. The highest BCUT2D eigenvalue weighted by atomic mass is 16.1. The second kappa shape index (κ2) is 8.68. The van der Waals surface area contributed by atoms with Gasteiger partial charge in [-0.3, -0.25) is 9.78 Å². The number of amides is 1. The maximum atomic E-state index is 12.5. The van der Waals surface area contributed by atoms with Crippen LogP contribution in [0.1, 0.15) is 21.6 Å². The van der Waals surface area contributed by atoms with Crippen LogP contribution in [-0.4, -0.2) is 47.0 Å². The first-order valence-corrected chi connectivity index (χ1v) is 9.75. The van der Waals surface area contributed by atoms with E-state index < -0.39 is 0 Å². The number of carbonyl (C=O) groups is 1. The van der Waals surface area contributed by atoms with E-state index in [0.29, 0.717) is 12.2 Å². The van der Waals surface area contributed by atoms with Gasteiger partial charge in [-0.15, -0.1) is 0 Å². The van der Waals surface area contributed by atoms with E-state index in [0.717, 1.165) is 37.6 Å². The molecule has 0 aliphatic carbocycles. The van der Waals surface area contributed by atoms with Crippen molar-refractivity contribution in [2.75, 3.05) is 36.0 Å². The van der Waals surface area contributed by atoms with Gasteiger partial charge >= 0.3 is 0 Å². The lowest BCUT2D eigenvalue weighted by Gasteiger charge is -2.36. The van der Waals surface area contributed by atoms with Crippen molar-refractivity contribution in [2.45, 2.75) is 13.5 Å². The Morgan fingerprint density at radius 3 is 2.52 bits per heavy atom. The molecule has 0 unspecified atom stereocenters. The van der Waals surface area contributed by atoms with E-state index in [2.05, 4.69) is 61.3 Å². The summed E-state index contributed by atoms with van der Waals surface area (Å²) in [6.07, 6.45) is 4.88. The summed E-state index contributed by atoms with van der Waals surface area (Å²) >= 11 is 0. The zero-order valence-corrected chi connectivity index (χ0v) is 16.5. The number of pyridine rings is 1. The minimum atomic E-state index is -0.205. The molecule has 3 aromatic rings. The number of aryl methyl sites for hydroxylation is 1. The Balaban J connectivity index is 1.37. The monoisotopic (exact) mass is 388 g/mol. The molecule has 0 radical (unpaired) electrons. The van der Waals surface area contributed by atoms with Crippen LogP contribution >= 0.6 is 0 Å². The number of rotatable bonds is 5. The fraction of sp³-hybridized carbons (Fsp3) is 0.273. The first-order valence-electron chi connectivity index (χ1n) is 9.75. The van der Waals surface area contributed by atoms with Crippen molar-refractivity contribution in [1.29, 1.82) is 0 Å². The molecule has 0 atom stereocenters. The Kier molecular flexibility index (Phi) is 5.65. The largest absolute Gasteiger partial charge is 0.368 e. The van der Waals surface area contributed by atoms with Gasteiger partial charge < -0.3 is 15.1 Å². The fourth-order valence-corrected chi connectivity index (χ4v) is 3.44. The predicted octanol–water partition coefficient (Wildman–Crippen LogP) is 2.44. The SMILES string of the molecule is Cc1cccc(N2CCN(c3cc(C(=O)NCc4ccncc4)ncn3)CC2)c1. The van der Waals surface area contributed by atoms with Crippen LogP contribution in [0.25, 0.3) is 0 Å². The molecule has 3 heterocycles. The van der Waals surface area contributed by atoms with Crippen LogP contribution < -0.4 is 15.1 Å². The average molecular weight is 388 g/mol. The number of aromatic nitrogens is 3. The lowest BCUT2D eigenvalue weighted by Crippen LogP contribution is -2.47. The second-order valence-corrected chi connectivity index (χ2v) is 7.11. The number of hydrogen-bond acceptors (Lipinski definition) is 6. The Hall–Kier alpha value is -3.48. The summed E-state index contributed by atoms with van der Waals surface area (Å²) < 4.78 is 0. The van der Waals surface area contributed by atoms with Gasteiger partial charge in [0.2, 0.25) is 0 Å². The fourth-order valence-electron chi connectivity index (χ4n) is 3.44. The Morgan fingerprint density at radius 2 is 1.76 bits per heavy atom. The second-order valence-electron chi connectivity index (χ2n) is 7.11. The summed E-state index contributed by atoms with van der Waals surface area (Å²) in [5.74, 6) is 0.585. The Labute approximate surface area is 170 Å². The first-order chi connectivity index (χ1) is 14.2. The highest BCUT2D eigenvalue weighted by Gasteiger charge is 2.19. The molecule has 1 aliphatic rings. The molecular formula is C22H24N6O. The van der Waals surface area contributed by atoms with E-state index in [1.807, 2.05) is 12.1 Å². The molecule has 1 amide bonds. The van der Waals surface area contributed by atoms with Crippen molar-refractivity contribution in [3.8, 4) is 0 Å². The standard InChI is InChI=1S/C22H24N6O/c1-17-3-2-4-19(13-17)27-9-11-28(12-10-27)21-14-20(25-16-26-21)22(29)24-15-18-5-7-23-8-6-18/h2-8,13-14,16H,9-12,15H2,1H3,(H,24,29). The van der Waals surface area contributed by atoms with Crippen molar-refractivity contribution >= 4 is 17.4 Å². The third-order valence-corrected chi connectivity index (χ3v) is 5.06. The molecular weight excluding hydrogens is 364 g/mol. The van der Waals surface area contributed by atoms with Gasteiger partial charge in [-0.2, -0.15) is 0 Å². The van der Waals surface area contributed by atoms with Crippen LogP contribution in [0.2, 0.25) is 0 Å². The van der Waals surface area contributed by atoms with Crippen LogP contribution in [0, 0.1) is 6.92 Å². The Morgan fingerprint density at radius 1 is 1.00 bits per heavy atom. The summed E-state index contributed by atoms with van der Waals surface area (Å²) in [4.78, 5) is 29.6. The zero-order chi connectivity index (χ0) is 20.1. The summed E-state index contributed by atoms with van der Waals surface area (Å²) in [5.41, 5.74) is 3.90. The quantitative estimate of drug-likeness (QED) is 0.724. The lowest BCUT2D eigenvalue weighted by molar-refractivity contribution is 0.0945. The molecule has 7 nitrogen and oxygen atoms in total. The van der Waals surface area contributed by atoms with Crippen LogP contribution in [0.5, 0.6) is 0 Å². The Bertz CT molecular complexity index is 970. The van der Waals surface area contributed by atoms with Crippen molar-refractivity contribution in [3.63, 3.8) is 0 Å². The minimum Gasteiger partial charge on any atom is -0.368 e. The van der Waals surface area contributed by atoms with Gasteiger partial charge in [-0.1, -0.05) is 12.1 Å². The van der Waals surface area contributed by atoms with Crippen molar-refractivity contribution in [2.24, 2.45) is 0 Å². The van der Waals surface area contributed by atoms with Gasteiger partial charge in [-0.05, 0) is 42.3 Å². The van der Waals surface area contributed by atoms with E-state index in [1.165, 1.54) is 17.6 Å². The molecule has 4 rings (SSSR count). The number of hydrogen-bond donors (Lipinski definition) is 1. The van der Waals surface area contributed by atoms with Gasteiger partial charge in [0.1, 0.15) is 17.8 Å². The lowest BCUT2D eigenvalue weighted by atomic mass is 10.2. The van der Waals surface area contributed by atoms with Gasteiger partial charge in [-0.25, -0.2) is 9.97 Å². The maximum absolute atomic E-state index is 12.5. The number of nitrogens with one attached hydrogen (secondary N) is 1. The van der Waals surface area contributed by atoms with E-state index in [-0.39, 0.29) is 5.91 Å². The normalized spacial score (nSPS) is 14.0. The van der Waals surface area contributed by atoms with Crippen molar-refractivity contribution in [3.05, 3.63) is 78.0 Å². The predicted molar refractivity (Wildman–Crippen MR) is 113 cm³/mol. The van der Waals surface area contributed by atoms with Crippen LogP contribution in [0.3, 0.4) is 0 Å². The number of anilines is 2. The highest BCUT2D eigenvalue weighted by molar-refractivity contribution is 5.92. The summed E-state index contributed by atoms with van der Waals surface area (Å²) in [5, 5.41) is 2.90. The van der Waals surface area contributed by atoms with Crippen molar-refractivity contribution in [1.82, 2.24) is 20.3 Å². The molecule has 0 bridgehead atoms. The van der Waals surface area contributed by atoms with E-state index in [1.54, 1.807) is 18.5 Å². The van der Waals surface area contributed by atoms with E-state index >= 15 is 0 Å². The van der Waals surface area contributed by atoms with Crippen LogP contribution in [0.4, 0.5) is 11.5 Å². The maximum Gasteiger partial charge on any atom is 0.270 e. The van der Waals surface area contributed by atoms with E-state index in [4.69, 9.17) is 0 Å². The van der Waals surface area contributed by atoms with Gasteiger partial charge in [0.05, 0.1) is 0 Å². The van der Waals surface area contributed by atoms with E-state index in [9.17, 15) is 4.79 Å². The molecule has 1 saturated heterocycles. The van der Waals surface area contributed by atoms with Gasteiger partial charge in [0.15, 0.2) is 0 Å². The number of carbonyl (C=O) groups excluding carboxylic acids is 1. The number of piperazine rings is 1. The molecule has 2 aromatic heterocycles. The molecule has 1 aromatic carbocycles. The topological polar surface area (TPSA) is 74.2 Å². The number of nitrogens with zero attached hydrogens (tertiary/aromatic N) is 5.